The number of aromatic nitrogens is 1. The molecule has 1 unspecified atom stereocenters. The molecule has 0 aliphatic rings. The molecule has 0 amide bonds. The van der Waals surface area contributed by atoms with E-state index < -0.39 is 17.8 Å². The minimum absolute atomic E-state index is 0.405. The van der Waals surface area contributed by atoms with Crippen molar-refractivity contribution in [3.8, 4) is 0 Å². The van der Waals surface area contributed by atoms with E-state index in [1.165, 1.54) is 17.4 Å². The van der Waals surface area contributed by atoms with E-state index in [9.17, 15) is 13.2 Å². The van der Waals surface area contributed by atoms with E-state index in [0.29, 0.717) is 5.69 Å². The van der Waals surface area contributed by atoms with Gasteiger partial charge in [0.15, 0.2) is 0 Å². The molecule has 0 spiro atoms. The Kier molecular flexibility index (Phi) is 3.74. The molecule has 96 valence electrons. The first-order chi connectivity index (χ1) is 8.39. The molecule has 2 aromatic heterocycles. The van der Waals surface area contributed by atoms with Crippen LogP contribution in [0.5, 0.6) is 0 Å². The van der Waals surface area contributed by atoms with Gasteiger partial charge in [-0.2, -0.15) is 24.5 Å². The summed E-state index contributed by atoms with van der Waals surface area (Å²) >= 11 is 4.79. The van der Waals surface area contributed by atoms with E-state index in [4.69, 9.17) is 5.73 Å². The lowest BCUT2D eigenvalue weighted by molar-refractivity contribution is -0.137. The molecule has 18 heavy (non-hydrogen) atoms. The second-order valence-corrected chi connectivity index (χ2v) is 5.22. The summed E-state index contributed by atoms with van der Waals surface area (Å²) in [6.45, 7) is 0. The highest BCUT2D eigenvalue weighted by atomic mass is 79.9. The topological polar surface area (TPSA) is 38.9 Å². The predicted octanol–water partition coefficient (Wildman–Crippen LogP) is 3.97. The number of thiophene rings is 1. The zero-order chi connectivity index (χ0) is 13.3. The van der Waals surface area contributed by atoms with Gasteiger partial charge in [-0.05, 0) is 39.0 Å². The van der Waals surface area contributed by atoms with Crippen LogP contribution >= 0.6 is 27.3 Å². The Balaban J connectivity index is 2.28. The molecule has 0 saturated carbocycles. The number of alkyl halides is 3. The number of halogens is 4. The summed E-state index contributed by atoms with van der Waals surface area (Å²) in [7, 11) is 0. The monoisotopic (exact) mass is 336 g/mol. The van der Waals surface area contributed by atoms with Gasteiger partial charge in [-0.3, -0.25) is 4.98 Å². The molecule has 2 aromatic rings. The van der Waals surface area contributed by atoms with Gasteiger partial charge in [0.2, 0.25) is 0 Å². The summed E-state index contributed by atoms with van der Waals surface area (Å²) in [5.74, 6) is 0. The lowest BCUT2D eigenvalue weighted by Gasteiger charge is -2.12. The normalized spacial score (nSPS) is 13.6. The highest BCUT2D eigenvalue weighted by molar-refractivity contribution is 9.10. The molecule has 7 heteroatoms. The van der Waals surface area contributed by atoms with E-state index >= 15 is 0 Å². The van der Waals surface area contributed by atoms with E-state index in [2.05, 4.69) is 20.9 Å². The molecule has 0 aliphatic heterocycles. The van der Waals surface area contributed by atoms with Crippen molar-refractivity contribution in [2.75, 3.05) is 0 Å². The Morgan fingerprint density at radius 3 is 2.44 bits per heavy atom. The second-order valence-electron chi connectivity index (χ2n) is 3.62. The number of nitrogens with two attached hydrogens (primary N) is 1. The van der Waals surface area contributed by atoms with Gasteiger partial charge in [0.25, 0.3) is 0 Å². The van der Waals surface area contributed by atoms with Gasteiger partial charge in [-0.15, -0.1) is 0 Å². The predicted molar refractivity (Wildman–Crippen MR) is 67.3 cm³/mol. The SMILES string of the molecule is NC(c1ccc(C(F)(F)F)cn1)c1cscc1Br. The summed E-state index contributed by atoms with van der Waals surface area (Å²) in [5, 5.41) is 3.70. The van der Waals surface area contributed by atoms with Crippen molar-refractivity contribution in [2.45, 2.75) is 12.2 Å². The Hall–Kier alpha value is -0.920. The first kappa shape index (κ1) is 13.5. The maximum absolute atomic E-state index is 12.4. The fraction of sp³-hybridized carbons (Fsp3) is 0.182. The second kappa shape index (κ2) is 4.99. The maximum Gasteiger partial charge on any atom is 0.417 e. The molecule has 0 aromatic carbocycles. The average molecular weight is 337 g/mol. The zero-order valence-electron chi connectivity index (χ0n) is 8.91. The minimum atomic E-state index is -4.38. The van der Waals surface area contributed by atoms with Crippen molar-refractivity contribution < 1.29 is 13.2 Å². The van der Waals surface area contributed by atoms with Gasteiger partial charge in [-0.1, -0.05) is 0 Å². The molecule has 0 bridgehead atoms. The van der Waals surface area contributed by atoms with Crippen molar-refractivity contribution >= 4 is 27.3 Å². The zero-order valence-corrected chi connectivity index (χ0v) is 11.3. The molecular formula is C11H8BrF3N2S. The highest BCUT2D eigenvalue weighted by Gasteiger charge is 2.31. The molecule has 1 atom stereocenters. The standard InChI is InChI=1S/C11H8BrF3N2S/c12-8-5-18-4-7(8)10(16)9-2-1-6(3-17-9)11(13,14)15/h1-5,10H,16H2. The molecule has 2 nitrogen and oxygen atoms in total. The summed E-state index contributed by atoms with van der Waals surface area (Å²) in [4.78, 5) is 3.78. The van der Waals surface area contributed by atoms with Crippen LogP contribution in [-0.4, -0.2) is 4.98 Å². The maximum atomic E-state index is 12.4. The third-order valence-corrected chi connectivity index (χ3v) is 4.16. The lowest BCUT2D eigenvalue weighted by atomic mass is 10.1. The Labute approximate surface area is 114 Å². The van der Waals surface area contributed by atoms with Gasteiger partial charge in [0, 0.05) is 16.0 Å². The van der Waals surface area contributed by atoms with Gasteiger partial charge in [0.1, 0.15) is 0 Å². The van der Waals surface area contributed by atoms with Crippen LogP contribution in [0.4, 0.5) is 13.2 Å². The van der Waals surface area contributed by atoms with E-state index in [-0.39, 0.29) is 0 Å². The largest absolute Gasteiger partial charge is 0.417 e. The summed E-state index contributed by atoms with van der Waals surface area (Å²) < 4.78 is 38.0. The third-order valence-electron chi connectivity index (χ3n) is 2.41. The third kappa shape index (κ3) is 2.73. The minimum Gasteiger partial charge on any atom is -0.319 e. The number of rotatable bonds is 2. The summed E-state index contributed by atoms with van der Waals surface area (Å²) in [6.07, 6.45) is -3.58. The van der Waals surface area contributed by atoms with Crippen LogP contribution in [-0.2, 0) is 6.18 Å². The number of hydrogen-bond acceptors (Lipinski definition) is 3. The van der Waals surface area contributed by atoms with Gasteiger partial charge in [0.05, 0.1) is 17.3 Å². The van der Waals surface area contributed by atoms with Crippen LogP contribution in [0.2, 0.25) is 0 Å². The van der Waals surface area contributed by atoms with Gasteiger partial charge in [-0.25, -0.2) is 0 Å². The number of pyridine rings is 1. The number of hydrogen-bond donors (Lipinski definition) is 1. The smallest absolute Gasteiger partial charge is 0.319 e. The van der Waals surface area contributed by atoms with Crippen molar-refractivity contribution in [3.05, 3.63) is 50.4 Å². The van der Waals surface area contributed by atoms with Crippen molar-refractivity contribution in [1.29, 1.82) is 0 Å². The van der Waals surface area contributed by atoms with Crippen LogP contribution in [0.15, 0.2) is 33.6 Å². The Morgan fingerprint density at radius 2 is 2.00 bits per heavy atom. The Morgan fingerprint density at radius 1 is 1.28 bits per heavy atom. The molecule has 2 rings (SSSR count). The fourth-order valence-corrected chi connectivity index (χ4v) is 3.01. The average Bonchev–Trinajstić information content (AvgIpc) is 2.73. The fourth-order valence-electron chi connectivity index (χ4n) is 1.43. The molecular weight excluding hydrogens is 329 g/mol. The van der Waals surface area contributed by atoms with Crippen LogP contribution in [0.25, 0.3) is 0 Å². The van der Waals surface area contributed by atoms with Crippen LogP contribution in [0, 0.1) is 0 Å². The molecule has 0 aliphatic carbocycles. The van der Waals surface area contributed by atoms with Gasteiger partial charge >= 0.3 is 6.18 Å². The van der Waals surface area contributed by atoms with Crippen LogP contribution < -0.4 is 5.73 Å². The molecule has 0 fully saturated rings. The van der Waals surface area contributed by atoms with Crippen molar-refractivity contribution in [2.24, 2.45) is 5.73 Å². The Bertz CT molecular complexity index is 536. The van der Waals surface area contributed by atoms with Crippen LogP contribution in [0.3, 0.4) is 0 Å². The van der Waals surface area contributed by atoms with Crippen LogP contribution in [0.1, 0.15) is 22.9 Å². The molecule has 0 saturated heterocycles. The first-order valence-corrected chi connectivity index (χ1v) is 6.63. The lowest BCUT2D eigenvalue weighted by Crippen LogP contribution is -2.14. The summed E-state index contributed by atoms with van der Waals surface area (Å²) in [6, 6.07) is 1.76. The van der Waals surface area contributed by atoms with Gasteiger partial charge < -0.3 is 5.73 Å². The van der Waals surface area contributed by atoms with E-state index in [1.54, 1.807) is 0 Å². The first-order valence-electron chi connectivity index (χ1n) is 4.90. The molecule has 2 N–H and O–H groups in total. The molecule has 2 heterocycles. The quantitative estimate of drug-likeness (QED) is 0.901. The van der Waals surface area contributed by atoms with Crippen molar-refractivity contribution in [3.63, 3.8) is 0 Å². The summed E-state index contributed by atoms with van der Waals surface area (Å²) in [5.41, 5.74) is 6.40. The van der Waals surface area contributed by atoms with E-state index in [0.717, 1.165) is 22.3 Å². The van der Waals surface area contributed by atoms with Crippen molar-refractivity contribution in [1.82, 2.24) is 4.98 Å². The molecule has 0 radical (unpaired) electrons. The van der Waals surface area contributed by atoms with E-state index in [1.807, 2.05) is 10.8 Å². The number of nitrogens with zero attached hydrogens (tertiary/aromatic N) is 1. The highest BCUT2D eigenvalue weighted by Crippen LogP contribution is 2.31.